The molecule has 1 unspecified atom stereocenters. The van der Waals surface area contributed by atoms with Gasteiger partial charge < -0.3 is 14.7 Å². The molecular weight excluding hydrogens is 346 g/mol. The quantitative estimate of drug-likeness (QED) is 0.669. The molecule has 1 aromatic carbocycles. The van der Waals surface area contributed by atoms with Gasteiger partial charge in [-0.25, -0.2) is 0 Å². The molecule has 0 bridgehead atoms. The van der Waals surface area contributed by atoms with E-state index in [0.29, 0.717) is 25.1 Å². The van der Waals surface area contributed by atoms with Crippen LogP contribution in [0.1, 0.15) is 56.8 Å². The largest absolute Gasteiger partial charge is 0.494 e. The molecule has 1 aliphatic heterocycles. The van der Waals surface area contributed by atoms with Crippen molar-refractivity contribution in [2.75, 3.05) is 19.7 Å². The van der Waals surface area contributed by atoms with Gasteiger partial charge in [0.25, 0.3) is 0 Å². The van der Waals surface area contributed by atoms with E-state index in [4.69, 9.17) is 4.74 Å². The lowest BCUT2D eigenvalue weighted by Gasteiger charge is -2.28. The fraction of sp³-hybridized carbons (Fsp3) is 0.571. The van der Waals surface area contributed by atoms with Gasteiger partial charge in [-0.05, 0) is 43.0 Å². The van der Waals surface area contributed by atoms with Crippen molar-refractivity contribution in [1.82, 2.24) is 4.90 Å². The van der Waals surface area contributed by atoms with Crippen molar-refractivity contribution in [3.63, 3.8) is 0 Å². The Kier molecular flexibility index (Phi) is 6.99. The van der Waals surface area contributed by atoms with Crippen molar-refractivity contribution in [3.8, 4) is 5.75 Å². The minimum Gasteiger partial charge on any atom is -0.494 e. The molecule has 1 N–H and O–H groups in total. The van der Waals surface area contributed by atoms with Gasteiger partial charge in [-0.2, -0.15) is 0 Å². The topological polar surface area (TPSA) is 83.9 Å². The number of benzene rings is 1. The molecule has 1 fully saturated rings. The van der Waals surface area contributed by atoms with Gasteiger partial charge in [0.05, 0.1) is 12.0 Å². The number of ether oxygens (including phenoxy) is 1. The third-order valence-electron chi connectivity index (χ3n) is 5.40. The van der Waals surface area contributed by atoms with Crippen LogP contribution in [0.2, 0.25) is 0 Å². The molecular formula is C21H29NO5. The summed E-state index contributed by atoms with van der Waals surface area (Å²) in [5, 5.41) is 9.57. The predicted octanol–water partition coefficient (Wildman–Crippen LogP) is 3.40. The van der Waals surface area contributed by atoms with Gasteiger partial charge in [-0.3, -0.25) is 14.4 Å². The minimum absolute atomic E-state index is 0.0529. The third-order valence-corrected chi connectivity index (χ3v) is 5.40. The highest BCUT2D eigenvalue weighted by molar-refractivity contribution is 5.98. The summed E-state index contributed by atoms with van der Waals surface area (Å²) in [5.41, 5.74) is -0.330. The zero-order chi connectivity index (χ0) is 20.0. The molecule has 1 saturated heterocycles. The van der Waals surface area contributed by atoms with Crippen LogP contribution in [0.4, 0.5) is 0 Å². The molecule has 0 saturated carbocycles. The average molecular weight is 375 g/mol. The zero-order valence-corrected chi connectivity index (χ0v) is 16.4. The molecule has 2 rings (SSSR count). The van der Waals surface area contributed by atoms with Gasteiger partial charge in [-0.15, -0.1) is 0 Å². The Balaban J connectivity index is 1.88. The van der Waals surface area contributed by atoms with Crippen molar-refractivity contribution < 1.29 is 24.2 Å². The highest BCUT2D eigenvalue weighted by Crippen LogP contribution is 2.38. The number of hydrogen-bond acceptors (Lipinski definition) is 4. The summed E-state index contributed by atoms with van der Waals surface area (Å²) in [6.07, 6.45) is 1.59. The Bertz CT molecular complexity index is 682. The second kappa shape index (κ2) is 9.02. The first-order chi connectivity index (χ1) is 12.8. The van der Waals surface area contributed by atoms with E-state index in [0.717, 1.165) is 12.2 Å². The number of carbonyl (C=O) groups excluding carboxylic acids is 2. The molecule has 1 atom stereocenters. The Morgan fingerprint density at radius 3 is 2.37 bits per heavy atom. The van der Waals surface area contributed by atoms with Crippen molar-refractivity contribution in [2.24, 2.45) is 11.3 Å². The molecule has 6 heteroatoms. The number of rotatable bonds is 9. The molecule has 0 radical (unpaired) electrons. The van der Waals surface area contributed by atoms with Gasteiger partial charge in [0.2, 0.25) is 5.91 Å². The third kappa shape index (κ3) is 4.87. The average Bonchev–Trinajstić information content (AvgIpc) is 3.12. The first kappa shape index (κ1) is 20.9. The fourth-order valence-corrected chi connectivity index (χ4v) is 3.42. The molecule has 6 nitrogen and oxygen atoms in total. The number of ketones is 1. The summed E-state index contributed by atoms with van der Waals surface area (Å²) in [6.45, 7) is 7.05. The van der Waals surface area contributed by atoms with Crippen LogP contribution in [0.3, 0.4) is 0 Å². The van der Waals surface area contributed by atoms with E-state index in [1.54, 1.807) is 29.2 Å². The van der Waals surface area contributed by atoms with E-state index in [1.165, 1.54) is 0 Å². The second-order valence-corrected chi connectivity index (χ2v) is 7.48. The molecule has 148 valence electrons. The van der Waals surface area contributed by atoms with Crippen LogP contribution < -0.4 is 4.74 Å². The van der Waals surface area contributed by atoms with E-state index < -0.39 is 11.4 Å². The van der Waals surface area contributed by atoms with Crippen LogP contribution in [-0.4, -0.2) is 47.4 Å². The number of Topliss-reactive ketones (excluding diaryl/α,β-unsaturated/α-hetero) is 1. The maximum absolute atomic E-state index is 12.4. The van der Waals surface area contributed by atoms with Gasteiger partial charge in [-0.1, -0.05) is 20.8 Å². The van der Waals surface area contributed by atoms with Crippen LogP contribution in [0.25, 0.3) is 0 Å². The van der Waals surface area contributed by atoms with E-state index in [9.17, 15) is 19.5 Å². The SMILES string of the molecule is CCCOc1ccc(C(=O)CCC(=O)N2CCC(C(=O)O)(C(C)C)C2)cc1. The van der Waals surface area contributed by atoms with E-state index >= 15 is 0 Å². The Hall–Kier alpha value is -2.37. The zero-order valence-electron chi connectivity index (χ0n) is 16.4. The molecule has 1 aromatic rings. The van der Waals surface area contributed by atoms with Crippen LogP contribution in [-0.2, 0) is 9.59 Å². The van der Waals surface area contributed by atoms with Crippen LogP contribution in [0.5, 0.6) is 5.75 Å². The number of nitrogens with zero attached hydrogens (tertiary/aromatic N) is 1. The molecule has 0 aliphatic carbocycles. The second-order valence-electron chi connectivity index (χ2n) is 7.48. The van der Waals surface area contributed by atoms with E-state index in [1.807, 2.05) is 20.8 Å². The number of carboxylic acids is 1. The molecule has 1 heterocycles. The first-order valence-electron chi connectivity index (χ1n) is 9.57. The summed E-state index contributed by atoms with van der Waals surface area (Å²) in [4.78, 5) is 38.0. The van der Waals surface area contributed by atoms with Crippen molar-refractivity contribution >= 4 is 17.7 Å². The monoisotopic (exact) mass is 375 g/mol. The summed E-state index contributed by atoms with van der Waals surface area (Å²) >= 11 is 0. The number of carboxylic acid groups (broad SMARTS) is 1. The lowest BCUT2D eigenvalue weighted by atomic mass is 9.76. The van der Waals surface area contributed by atoms with E-state index in [2.05, 4.69) is 0 Å². The van der Waals surface area contributed by atoms with Crippen molar-refractivity contribution in [1.29, 1.82) is 0 Å². The first-order valence-corrected chi connectivity index (χ1v) is 9.57. The Morgan fingerprint density at radius 2 is 1.85 bits per heavy atom. The van der Waals surface area contributed by atoms with Gasteiger partial charge in [0, 0.05) is 31.5 Å². The number of likely N-dealkylation sites (tertiary alicyclic amines) is 1. The summed E-state index contributed by atoms with van der Waals surface area (Å²) in [6, 6.07) is 6.94. The molecule has 0 aromatic heterocycles. The Morgan fingerprint density at radius 1 is 1.19 bits per heavy atom. The maximum Gasteiger partial charge on any atom is 0.311 e. The maximum atomic E-state index is 12.4. The summed E-state index contributed by atoms with van der Waals surface area (Å²) < 4.78 is 5.49. The minimum atomic E-state index is -0.881. The standard InChI is InChI=1S/C21H29NO5/c1-4-13-27-17-7-5-16(6-8-17)18(23)9-10-19(24)22-12-11-21(14-22,15(2)3)20(25)26/h5-8,15H,4,9-14H2,1-3H3,(H,25,26). The number of aliphatic carboxylic acids is 1. The predicted molar refractivity (Wildman–Crippen MR) is 102 cm³/mol. The highest BCUT2D eigenvalue weighted by atomic mass is 16.5. The fourth-order valence-electron chi connectivity index (χ4n) is 3.42. The van der Waals surface area contributed by atoms with Crippen LogP contribution in [0, 0.1) is 11.3 Å². The van der Waals surface area contributed by atoms with E-state index in [-0.39, 0.29) is 37.0 Å². The van der Waals surface area contributed by atoms with Crippen LogP contribution >= 0.6 is 0 Å². The summed E-state index contributed by atoms with van der Waals surface area (Å²) in [7, 11) is 0. The van der Waals surface area contributed by atoms with Crippen LogP contribution in [0.15, 0.2) is 24.3 Å². The summed E-state index contributed by atoms with van der Waals surface area (Å²) in [5.74, 6) is -0.439. The number of carbonyl (C=O) groups is 3. The van der Waals surface area contributed by atoms with Crippen molar-refractivity contribution in [2.45, 2.75) is 46.5 Å². The molecule has 1 amide bonds. The number of hydrogen-bond donors (Lipinski definition) is 1. The number of amides is 1. The smallest absolute Gasteiger partial charge is 0.311 e. The molecule has 1 aliphatic rings. The molecule has 27 heavy (non-hydrogen) atoms. The van der Waals surface area contributed by atoms with Gasteiger partial charge >= 0.3 is 5.97 Å². The van der Waals surface area contributed by atoms with Gasteiger partial charge in [0.1, 0.15) is 5.75 Å². The normalized spacial score (nSPS) is 19.3. The van der Waals surface area contributed by atoms with Gasteiger partial charge in [0.15, 0.2) is 5.78 Å². The lowest BCUT2D eigenvalue weighted by Crippen LogP contribution is -2.40. The highest BCUT2D eigenvalue weighted by Gasteiger charge is 2.48. The molecule has 0 spiro atoms. The Labute approximate surface area is 160 Å². The van der Waals surface area contributed by atoms with Crippen molar-refractivity contribution in [3.05, 3.63) is 29.8 Å². The lowest BCUT2D eigenvalue weighted by molar-refractivity contribution is -0.151.